The minimum Gasteiger partial charge on any atom is -0.488 e. The van der Waals surface area contributed by atoms with Crippen molar-refractivity contribution in [2.75, 3.05) is 0 Å². The summed E-state index contributed by atoms with van der Waals surface area (Å²) in [5.41, 5.74) is 5.49. The second-order valence-corrected chi connectivity index (χ2v) is 4.55. The lowest BCUT2D eigenvalue weighted by molar-refractivity contribution is 0.301. The zero-order valence-electron chi connectivity index (χ0n) is 9.07. The lowest BCUT2D eigenvalue weighted by Crippen LogP contribution is -2.07. The number of aryl methyl sites for hydroxylation is 1. The Labute approximate surface area is 94.5 Å². The maximum atomic E-state index is 5.77. The molecule has 0 saturated carbocycles. The van der Waals surface area contributed by atoms with Gasteiger partial charge >= 0.3 is 0 Å². The third-order valence-corrected chi connectivity index (χ3v) is 3.60. The van der Waals surface area contributed by atoms with Crippen LogP contribution in [0.2, 0.25) is 0 Å². The van der Waals surface area contributed by atoms with Crippen molar-refractivity contribution in [3.05, 3.63) is 41.6 Å². The van der Waals surface area contributed by atoms with Crippen molar-refractivity contribution in [3.63, 3.8) is 0 Å². The fourth-order valence-corrected chi connectivity index (χ4v) is 2.92. The predicted molar refractivity (Wildman–Crippen MR) is 62.5 cm³/mol. The summed E-state index contributed by atoms with van der Waals surface area (Å²) in [6, 6.07) is 10.7. The van der Waals surface area contributed by atoms with E-state index in [1.54, 1.807) is 0 Å². The number of benzene rings is 1. The Balaban J connectivity index is 2.03. The van der Waals surface area contributed by atoms with E-state index in [2.05, 4.69) is 28.8 Å². The van der Waals surface area contributed by atoms with E-state index in [-0.39, 0.29) is 0 Å². The van der Waals surface area contributed by atoms with Crippen LogP contribution in [-0.2, 0) is 19.6 Å². The zero-order valence-corrected chi connectivity index (χ0v) is 9.07. The van der Waals surface area contributed by atoms with Crippen molar-refractivity contribution in [2.45, 2.75) is 26.0 Å². The molecule has 0 atom stereocenters. The first-order valence-electron chi connectivity index (χ1n) is 5.87. The molecular formula is C14H13NO. The molecule has 2 nitrogen and oxygen atoms in total. The Hall–Kier alpha value is -1.70. The molecule has 3 heterocycles. The van der Waals surface area contributed by atoms with Crippen molar-refractivity contribution in [2.24, 2.45) is 0 Å². The lowest BCUT2D eigenvalue weighted by atomic mass is 10.0. The number of hydrogen-bond donors (Lipinski definition) is 0. The number of para-hydroxylation sites is 1. The monoisotopic (exact) mass is 211 g/mol. The lowest BCUT2D eigenvalue weighted by Gasteiger charge is -2.19. The van der Waals surface area contributed by atoms with Gasteiger partial charge in [0.1, 0.15) is 12.4 Å². The van der Waals surface area contributed by atoms with Gasteiger partial charge in [-0.05, 0) is 31.0 Å². The number of hydrogen-bond acceptors (Lipinski definition) is 1. The van der Waals surface area contributed by atoms with Gasteiger partial charge in [0.2, 0.25) is 0 Å². The molecular weight excluding hydrogens is 198 g/mol. The number of rotatable bonds is 0. The molecule has 16 heavy (non-hydrogen) atoms. The Morgan fingerprint density at radius 2 is 2.12 bits per heavy atom. The van der Waals surface area contributed by atoms with Crippen molar-refractivity contribution in [3.8, 4) is 17.0 Å². The molecule has 2 aliphatic heterocycles. The smallest absolute Gasteiger partial charge is 0.129 e. The summed E-state index contributed by atoms with van der Waals surface area (Å²) >= 11 is 0. The van der Waals surface area contributed by atoms with E-state index in [1.165, 1.54) is 41.9 Å². The highest BCUT2D eigenvalue weighted by atomic mass is 16.5. The van der Waals surface area contributed by atoms with Crippen molar-refractivity contribution < 1.29 is 4.74 Å². The maximum Gasteiger partial charge on any atom is 0.129 e. The van der Waals surface area contributed by atoms with Gasteiger partial charge in [0.15, 0.2) is 0 Å². The van der Waals surface area contributed by atoms with Gasteiger partial charge in [-0.3, -0.25) is 0 Å². The van der Waals surface area contributed by atoms with Crippen molar-refractivity contribution in [1.82, 2.24) is 4.57 Å². The van der Waals surface area contributed by atoms with E-state index in [9.17, 15) is 0 Å². The summed E-state index contributed by atoms with van der Waals surface area (Å²) in [7, 11) is 0. The second kappa shape index (κ2) is 2.91. The van der Waals surface area contributed by atoms with Crippen molar-refractivity contribution >= 4 is 0 Å². The molecule has 0 radical (unpaired) electrons. The van der Waals surface area contributed by atoms with Gasteiger partial charge in [-0.25, -0.2) is 0 Å². The highest BCUT2D eigenvalue weighted by Crippen LogP contribution is 2.40. The number of aromatic nitrogens is 1. The third-order valence-electron chi connectivity index (χ3n) is 3.60. The molecule has 0 bridgehead atoms. The summed E-state index contributed by atoms with van der Waals surface area (Å²) in [5.74, 6) is 1.03. The highest BCUT2D eigenvalue weighted by molar-refractivity contribution is 5.73. The average molecular weight is 211 g/mol. The number of ether oxygens (including phenoxy) is 1. The van der Waals surface area contributed by atoms with Crippen LogP contribution in [0.25, 0.3) is 11.3 Å². The van der Waals surface area contributed by atoms with E-state index in [4.69, 9.17) is 4.74 Å². The van der Waals surface area contributed by atoms with E-state index >= 15 is 0 Å². The molecule has 4 rings (SSSR count). The summed E-state index contributed by atoms with van der Waals surface area (Å²) < 4.78 is 8.24. The van der Waals surface area contributed by atoms with Gasteiger partial charge in [-0.2, -0.15) is 0 Å². The normalized spacial score (nSPS) is 16.2. The first-order chi connectivity index (χ1) is 7.93. The van der Waals surface area contributed by atoms with E-state index in [1.807, 2.05) is 6.07 Å². The Bertz CT molecular complexity index is 568. The van der Waals surface area contributed by atoms with Gasteiger partial charge in [-0.1, -0.05) is 12.1 Å². The maximum absolute atomic E-state index is 5.77. The average Bonchev–Trinajstić information content (AvgIpc) is 2.88. The summed E-state index contributed by atoms with van der Waals surface area (Å²) in [5, 5.41) is 0. The van der Waals surface area contributed by atoms with Gasteiger partial charge in [-0.15, -0.1) is 0 Å². The fraction of sp³-hybridized carbons (Fsp3) is 0.286. The van der Waals surface area contributed by atoms with E-state index in [0.29, 0.717) is 0 Å². The van der Waals surface area contributed by atoms with Crippen LogP contribution in [0.1, 0.15) is 17.7 Å². The quantitative estimate of drug-likeness (QED) is 0.653. The SMILES string of the molecule is c1ccc2c(c1)OCc1cc3n(c1-2)CCC3. The molecule has 0 amide bonds. The van der Waals surface area contributed by atoms with Crippen molar-refractivity contribution in [1.29, 1.82) is 0 Å². The molecule has 1 aromatic carbocycles. The molecule has 0 aliphatic carbocycles. The molecule has 0 fully saturated rings. The summed E-state index contributed by atoms with van der Waals surface area (Å²) in [6.45, 7) is 1.89. The summed E-state index contributed by atoms with van der Waals surface area (Å²) in [4.78, 5) is 0. The molecule has 1 aromatic heterocycles. The molecule has 0 saturated heterocycles. The van der Waals surface area contributed by atoms with E-state index < -0.39 is 0 Å². The molecule has 2 aromatic rings. The van der Waals surface area contributed by atoms with E-state index in [0.717, 1.165) is 12.4 Å². The van der Waals surface area contributed by atoms with Gasteiger partial charge < -0.3 is 9.30 Å². The first-order valence-corrected chi connectivity index (χ1v) is 5.87. The largest absolute Gasteiger partial charge is 0.488 e. The molecule has 0 spiro atoms. The minimum atomic E-state index is 0.729. The fourth-order valence-electron chi connectivity index (χ4n) is 2.92. The standard InChI is InChI=1S/C14H13NO/c1-2-6-13-12(5-1)14-10(9-16-13)8-11-4-3-7-15(11)14/h1-2,5-6,8H,3-4,7,9H2. The zero-order chi connectivity index (χ0) is 10.5. The topological polar surface area (TPSA) is 14.2 Å². The van der Waals surface area contributed by atoms with Crippen LogP contribution in [0.5, 0.6) is 5.75 Å². The van der Waals surface area contributed by atoms with Gasteiger partial charge in [0.05, 0.1) is 5.69 Å². The number of fused-ring (bicyclic) bond motifs is 5. The van der Waals surface area contributed by atoms with Gasteiger partial charge in [0.25, 0.3) is 0 Å². The van der Waals surface area contributed by atoms with Crippen LogP contribution in [0, 0.1) is 0 Å². The third kappa shape index (κ3) is 0.967. The van der Waals surface area contributed by atoms with Gasteiger partial charge in [0, 0.05) is 23.4 Å². The molecule has 80 valence electrons. The van der Waals surface area contributed by atoms with Crippen LogP contribution >= 0.6 is 0 Å². The predicted octanol–water partition coefficient (Wildman–Crippen LogP) is 2.99. The Kier molecular flexibility index (Phi) is 1.54. The second-order valence-electron chi connectivity index (χ2n) is 4.55. The Morgan fingerprint density at radius 1 is 1.19 bits per heavy atom. The van der Waals surface area contributed by atoms with Crippen LogP contribution in [0.15, 0.2) is 30.3 Å². The molecule has 2 aliphatic rings. The van der Waals surface area contributed by atoms with Crippen LogP contribution < -0.4 is 4.74 Å². The Morgan fingerprint density at radius 3 is 3.12 bits per heavy atom. The van der Waals surface area contributed by atoms with Crippen LogP contribution in [0.4, 0.5) is 0 Å². The first kappa shape index (κ1) is 8.45. The highest BCUT2D eigenvalue weighted by Gasteiger charge is 2.25. The number of nitrogens with zero attached hydrogens (tertiary/aromatic N) is 1. The summed E-state index contributed by atoms with van der Waals surface area (Å²) in [6.07, 6.45) is 2.50. The molecule has 0 N–H and O–H groups in total. The minimum absolute atomic E-state index is 0.729. The molecule has 2 heteroatoms. The van der Waals surface area contributed by atoms with Crippen LogP contribution in [-0.4, -0.2) is 4.57 Å². The van der Waals surface area contributed by atoms with Crippen LogP contribution in [0.3, 0.4) is 0 Å². The molecule has 0 unspecified atom stereocenters.